The van der Waals surface area contributed by atoms with Gasteiger partial charge in [-0.3, -0.25) is 9.98 Å². The molecule has 0 aromatic rings. The molecule has 0 aliphatic rings. The van der Waals surface area contributed by atoms with Crippen molar-refractivity contribution in [3.8, 4) is 0 Å². The third-order valence-corrected chi connectivity index (χ3v) is 0.798. The standard InChI is InChI=1S/C6H13N3/c1-4-8-6(2)9-5-7-3/h5H,4H2,1-3H3,(H,7,8,9). The van der Waals surface area contributed by atoms with Crippen LogP contribution >= 0.6 is 0 Å². The number of rotatable bonds is 2. The summed E-state index contributed by atoms with van der Waals surface area (Å²) in [5.74, 6) is 0.906. The average molecular weight is 127 g/mol. The summed E-state index contributed by atoms with van der Waals surface area (Å²) in [4.78, 5) is 7.82. The van der Waals surface area contributed by atoms with Crippen LogP contribution in [0.15, 0.2) is 9.98 Å². The molecule has 0 heterocycles. The Morgan fingerprint density at radius 3 is 2.78 bits per heavy atom. The molecule has 0 radical (unpaired) electrons. The lowest BCUT2D eigenvalue weighted by Gasteiger charge is -1.94. The van der Waals surface area contributed by atoms with E-state index in [-0.39, 0.29) is 0 Å². The molecule has 0 aliphatic heterocycles. The first-order chi connectivity index (χ1) is 4.31. The van der Waals surface area contributed by atoms with Gasteiger partial charge in [-0.05, 0) is 13.8 Å². The van der Waals surface area contributed by atoms with Crippen molar-refractivity contribution in [2.45, 2.75) is 13.8 Å². The maximum atomic E-state index is 4.08. The summed E-state index contributed by atoms with van der Waals surface area (Å²) in [6.07, 6.45) is 1.62. The Labute approximate surface area is 55.9 Å². The van der Waals surface area contributed by atoms with Gasteiger partial charge in [0, 0.05) is 13.6 Å². The van der Waals surface area contributed by atoms with E-state index in [1.165, 1.54) is 0 Å². The minimum absolute atomic E-state index is 0.816. The maximum absolute atomic E-state index is 4.08. The molecule has 0 rings (SSSR count). The van der Waals surface area contributed by atoms with Gasteiger partial charge in [0.15, 0.2) is 0 Å². The van der Waals surface area contributed by atoms with E-state index >= 15 is 0 Å². The van der Waals surface area contributed by atoms with E-state index in [2.05, 4.69) is 15.3 Å². The summed E-state index contributed by atoms with van der Waals surface area (Å²) < 4.78 is 0. The third kappa shape index (κ3) is 5.00. The van der Waals surface area contributed by atoms with Crippen LogP contribution < -0.4 is 5.32 Å². The summed E-state index contributed by atoms with van der Waals surface area (Å²) in [6.45, 7) is 4.72. The second kappa shape index (κ2) is 5.28. The number of nitrogens with one attached hydrogen (secondary N) is 1. The van der Waals surface area contributed by atoms with Gasteiger partial charge in [-0.15, -0.1) is 0 Å². The molecule has 0 amide bonds. The summed E-state index contributed by atoms with van der Waals surface area (Å²) in [7, 11) is 1.71. The van der Waals surface area contributed by atoms with Crippen molar-refractivity contribution in [1.82, 2.24) is 5.32 Å². The molecule has 3 nitrogen and oxygen atoms in total. The van der Waals surface area contributed by atoms with E-state index in [9.17, 15) is 0 Å². The normalized spacial score (nSPS) is 12.6. The molecule has 0 saturated heterocycles. The summed E-state index contributed by atoms with van der Waals surface area (Å²) in [5.41, 5.74) is 0. The Kier molecular flexibility index (Phi) is 4.78. The number of amidine groups is 1. The Bertz CT molecular complexity index is 115. The fourth-order valence-electron chi connectivity index (χ4n) is 0.441. The lowest BCUT2D eigenvalue weighted by Crippen LogP contribution is -2.17. The quantitative estimate of drug-likeness (QED) is 0.429. The number of aliphatic imine (C=N–C) groups is 2. The van der Waals surface area contributed by atoms with Crippen LogP contribution in [0, 0.1) is 0 Å². The van der Waals surface area contributed by atoms with Crippen LogP contribution in [-0.2, 0) is 0 Å². The molecule has 0 bridgehead atoms. The van der Waals surface area contributed by atoms with E-state index in [1.807, 2.05) is 13.8 Å². The second-order valence-electron chi connectivity index (χ2n) is 1.59. The first kappa shape index (κ1) is 8.14. The Hall–Kier alpha value is -0.860. The third-order valence-electron chi connectivity index (χ3n) is 0.798. The van der Waals surface area contributed by atoms with Gasteiger partial charge in [0.1, 0.15) is 0 Å². The van der Waals surface area contributed by atoms with Crippen LogP contribution in [0.1, 0.15) is 13.8 Å². The zero-order valence-electron chi connectivity index (χ0n) is 6.18. The summed E-state index contributed by atoms with van der Waals surface area (Å²) >= 11 is 0. The van der Waals surface area contributed by atoms with Crippen LogP contribution in [0.3, 0.4) is 0 Å². The SMILES string of the molecule is CCN=C(C)NC=NC. The molecular weight excluding hydrogens is 114 g/mol. The molecule has 0 atom stereocenters. The Morgan fingerprint density at radius 1 is 1.67 bits per heavy atom. The van der Waals surface area contributed by atoms with Crippen molar-refractivity contribution in [3.63, 3.8) is 0 Å². The van der Waals surface area contributed by atoms with Gasteiger partial charge in [-0.2, -0.15) is 0 Å². The van der Waals surface area contributed by atoms with Gasteiger partial charge in [-0.1, -0.05) is 0 Å². The fourth-order valence-corrected chi connectivity index (χ4v) is 0.441. The number of hydrogen-bond acceptors (Lipinski definition) is 2. The zero-order valence-corrected chi connectivity index (χ0v) is 6.18. The number of nitrogens with zero attached hydrogens (tertiary/aromatic N) is 2. The van der Waals surface area contributed by atoms with Crippen molar-refractivity contribution < 1.29 is 0 Å². The molecule has 0 spiro atoms. The van der Waals surface area contributed by atoms with Gasteiger partial charge in [0.25, 0.3) is 0 Å². The molecule has 3 heteroatoms. The predicted molar refractivity (Wildman–Crippen MR) is 41.2 cm³/mol. The highest BCUT2D eigenvalue weighted by molar-refractivity contribution is 5.89. The molecule has 52 valence electrons. The van der Waals surface area contributed by atoms with E-state index < -0.39 is 0 Å². The highest BCUT2D eigenvalue weighted by Crippen LogP contribution is 1.69. The van der Waals surface area contributed by atoms with Crippen molar-refractivity contribution in [2.75, 3.05) is 13.6 Å². The minimum Gasteiger partial charge on any atom is -0.336 e. The highest BCUT2D eigenvalue weighted by Gasteiger charge is 1.79. The molecule has 0 aliphatic carbocycles. The van der Waals surface area contributed by atoms with Crippen LogP contribution in [0.4, 0.5) is 0 Å². The van der Waals surface area contributed by atoms with Crippen molar-refractivity contribution in [3.05, 3.63) is 0 Å². The van der Waals surface area contributed by atoms with E-state index in [4.69, 9.17) is 0 Å². The topological polar surface area (TPSA) is 36.8 Å². The summed E-state index contributed by atoms with van der Waals surface area (Å²) in [5, 5.41) is 2.89. The van der Waals surface area contributed by atoms with Crippen LogP contribution in [-0.4, -0.2) is 25.8 Å². The molecule has 1 N–H and O–H groups in total. The fraction of sp³-hybridized carbons (Fsp3) is 0.667. The molecule has 0 aromatic carbocycles. The first-order valence-electron chi connectivity index (χ1n) is 2.99. The highest BCUT2D eigenvalue weighted by atomic mass is 15.0. The van der Waals surface area contributed by atoms with Gasteiger partial charge in [0.2, 0.25) is 0 Å². The molecule has 0 saturated carbocycles. The number of hydrogen-bond donors (Lipinski definition) is 1. The van der Waals surface area contributed by atoms with Gasteiger partial charge in [0.05, 0.1) is 12.2 Å². The minimum atomic E-state index is 0.816. The predicted octanol–water partition coefficient (Wildman–Crippen LogP) is 0.672. The van der Waals surface area contributed by atoms with Crippen molar-refractivity contribution in [2.24, 2.45) is 9.98 Å². The average Bonchev–Trinajstić information content (AvgIpc) is 1.85. The zero-order chi connectivity index (χ0) is 7.11. The molecule has 9 heavy (non-hydrogen) atoms. The van der Waals surface area contributed by atoms with Crippen LogP contribution in [0.5, 0.6) is 0 Å². The monoisotopic (exact) mass is 127 g/mol. The van der Waals surface area contributed by atoms with Crippen molar-refractivity contribution >= 4 is 12.2 Å². The van der Waals surface area contributed by atoms with E-state index in [1.54, 1.807) is 13.4 Å². The lowest BCUT2D eigenvalue weighted by molar-refractivity contribution is 1.10. The largest absolute Gasteiger partial charge is 0.336 e. The van der Waals surface area contributed by atoms with Gasteiger partial charge in [-0.25, -0.2) is 0 Å². The van der Waals surface area contributed by atoms with Crippen LogP contribution in [0.25, 0.3) is 0 Å². The van der Waals surface area contributed by atoms with Crippen LogP contribution in [0.2, 0.25) is 0 Å². The summed E-state index contributed by atoms with van der Waals surface area (Å²) in [6, 6.07) is 0. The Balaban J connectivity index is 3.49. The van der Waals surface area contributed by atoms with E-state index in [0.717, 1.165) is 12.4 Å². The lowest BCUT2D eigenvalue weighted by atomic mass is 10.6. The van der Waals surface area contributed by atoms with Gasteiger partial charge >= 0.3 is 0 Å². The second-order valence-corrected chi connectivity index (χ2v) is 1.59. The molecule has 0 aromatic heterocycles. The Morgan fingerprint density at radius 2 is 2.33 bits per heavy atom. The van der Waals surface area contributed by atoms with E-state index in [0.29, 0.717) is 0 Å². The van der Waals surface area contributed by atoms with Gasteiger partial charge < -0.3 is 5.32 Å². The van der Waals surface area contributed by atoms with Crippen molar-refractivity contribution in [1.29, 1.82) is 0 Å². The molecule has 0 fully saturated rings. The first-order valence-corrected chi connectivity index (χ1v) is 2.99. The molecular formula is C6H13N3. The molecule has 0 unspecified atom stereocenters. The smallest absolute Gasteiger partial charge is 0.0982 e. The maximum Gasteiger partial charge on any atom is 0.0982 e.